The Morgan fingerprint density at radius 3 is 3.00 bits per heavy atom. The average molecular weight is 349 g/mol. The Balaban J connectivity index is 1.36. The number of ether oxygens (including phenoxy) is 1. The first-order valence-corrected chi connectivity index (χ1v) is 9.23. The van der Waals surface area contributed by atoms with Crippen LogP contribution in [0.3, 0.4) is 0 Å². The zero-order valence-electron chi connectivity index (χ0n) is 13.6. The van der Waals surface area contributed by atoms with Gasteiger partial charge in [-0.1, -0.05) is 12.8 Å². The highest BCUT2D eigenvalue weighted by Crippen LogP contribution is 2.39. The maximum absolute atomic E-state index is 12.2. The highest BCUT2D eigenvalue weighted by molar-refractivity contribution is 7.09. The molecule has 0 atom stereocenters. The summed E-state index contributed by atoms with van der Waals surface area (Å²) in [6.45, 7) is 1.63. The minimum atomic E-state index is -0.284. The number of aromatic nitrogens is 1. The van der Waals surface area contributed by atoms with Crippen LogP contribution in [0.1, 0.15) is 42.9 Å². The molecule has 2 amide bonds. The van der Waals surface area contributed by atoms with Crippen molar-refractivity contribution in [3.63, 3.8) is 0 Å². The van der Waals surface area contributed by atoms with Crippen LogP contribution in [-0.4, -0.2) is 24.2 Å². The van der Waals surface area contributed by atoms with Gasteiger partial charge in [-0.25, -0.2) is 9.78 Å². The number of rotatable bonds is 8. The molecule has 130 valence electrons. The maximum Gasteiger partial charge on any atom is 0.315 e. The van der Waals surface area contributed by atoms with E-state index in [2.05, 4.69) is 15.6 Å². The predicted molar refractivity (Wildman–Crippen MR) is 91.8 cm³/mol. The Labute approximate surface area is 145 Å². The van der Waals surface area contributed by atoms with Crippen molar-refractivity contribution in [3.05, 3.63) is 40.7 Å². The number of furan rings is 1. The molecule has 1 saturated carbocycles. The molecule has 0 aromatic carbocycles. The van der Waals surface area contributed by atoms with Gasteiger partial charge < -0.3 is 19.8 Å². The molecular formula is C17H23N3O3S. The monoisotopic (exact) mass is 349 g/mol. The van der Waals surface area contributed by atoms with E-state index in [1.807, 2.05) is 17.5 Å². The van der Waals surface area contributed by atoms with Crippen molar-refractivity contribution in [2.75, 3.05) is 13.2 Å². The van der Waals surface area contributed by atoms with Gasteiger partial charge in [0.05, 0.1) is 11.8 Å². The third kappa shape index (κ3) is 4.36. The summed E-state index contributed by atoms with van der Waals surface area (Å²) in [5, 5.41) is 9.04. The molecule has 1 aliphatic rings. The lowest BCUT2D eigenvalue weighted by Crippen LogP contribution is -2.48. The van der Waals surface area contributed by atoms with Crippen molar-refractivity contribution in [3.8, 4) is 0 Å². The van der Waals surface area contributed by atoms with Gasteiger partial charge in [0.15, 0.2) is 0 Å². The smallest absolute Gasteiger partial charge is 0.315 e. The molecule has 24 heavy (non-hydrogen) atoms. The van der Waals surface area contributed by atoms with E-state index in [1.54, 1.807) is 23.8 Å². The van der Waals surface area contributed by atoms with Crippen LogP contribution in [0.2, 0.25) is 0 Å². The lowest BCUT2D eigenvalue weighted by atomic mass is 9.99. The van der Waals surface area contributed by atoms with Crippen molar-refractivity contribution in [2.45, 2.75) is 44.2 Å². The van der Waals surface area contributed by atoms with Crippen LogP contribution in [-0.2, 0) is 16.9 Å². The molecule has 0 saturated heterocycles. The zero-order valence-corrected chi connectivity index (χ0v) is 14.4. The summed E-state index contributed by atoms with van der Waals surface area (Å²) >= 11 is 1.61. The van der Waals surface area contributed by atoms with Gasteiger partial charge in [0.25, 0.3) is 0 Å². The maximum atomic E-state index is 12.2. The second kappa shape index (κ2) is 8.30. The van der Waals surface area contributed by atoms with Gasteiger partial charge in [-0.15, -0.1) is 11.3 Å². The Hall–Kier alpha value is -1.86. The number of nitrogens with one attached hydrogen (secondary N) is 2. The SMILES string of the molecule is O=C(NCCCOCc1ccco1)NC1(c2nccs2)CCCC1. The first-order valence-electron chi connectivity index (χ1n) is 8.35. The van der Waals surface area contributed by atoms with Crippen LogP contribution in [0, 0.1) is 0 Å². The highest BCUT2D eigenvalue weighted by Gasteiger charge is 2.39. The first-order chi connectivity index (χ1) is 11.8. The summed E-state index contributed by atoms with van der Waals surface area (Å²) in [6.07, 6.45) is 8.36. The number of nitrogens with zero attached hydrogens (tertiary/aromatic N) is 1. The van der Waals surface area contributed by atoms with Crippen LogP contribution in [0.25, 0.3) is 0 Å². The Kier molecular flexibility index (Phi) is 5.87. The molecule has 2 N–H and O–H groups in total. The van der Waals surface area contributed by atoms with Gasteiger partial charge in [0.2, 0.25) is 0 Å². The first kappa shape index (κ1) is 17.0. The van der Waals surface area contributed by atoms with Gasteiger partial charge in [-0.05, 0) is 31.4 Å². The minimum absolute atomic E-state index is 0.127. The highest BCUT2D eigenvalue weighted by atomic mass is 32.1. The molecule has 0 radical (unpaired) electrons. The number of hydrogen-bond acceptors (Lipinski definition) is 5. The van der Waals surface area contributed by atoms with Crippen LogP contribution in [0.5, 0.6) is 0 Å². The van der Waals surface area contributed by atoms with E-state index in [-0.39, 0.29) is 11.6 Å². The molecule has 2 heterocycles. The molecule has 7 heteroatoms. The van der Waals surface area contributed by atoms with E-state index >= 15 is 0 Å². The molecule has 2 aromatic heterocycles. The van der Waals surface area contributed by atoms with E-state index in [1.165, 1.54) is 0 Å². The van der Waals surface area contributed by atoms with Crippen molar-refractivity contribution < 1.29 is 13.9 Å². The standard InChI is InChI=1S/C17H23N3O3S/c21-16(19-8-4-10-22-13-14-5-3-11-23-14)20-17(6-1-2-7-17)15-18-9-12-24-15/h3,5,9,11-12H,1-2,4,6-8,10,13H2,(H2,19,20,21). The molecular weight excluding hydrogens is 326 g/mol. The minimum Gasteiger partial charge on any atom is -0.467 e. The summed E-state index contributed by atoms with van der Waals surface area (Å²) in [5.41, 5.74) is -0.284. The number of hydrogen-bond donors (Lipinski definition) is 2. The Morgan fingerprint density at radius 2 is 2.29 bits per heavy atom. The predicted octanol–water partition coefficient (Wildman–Crippen LogP) is 3.41. The van der Waals surface area contributed by atoms with Crippen molar-refractivity contribution in [1.29, 1.82) is 0 Å². The number of carbonyl (C=O) groups excluding carboxylic acids is 1. The quantitative estimate of drug-likeness (QED) is 0.716. The molecule has 1 aliphatic carbocycles. The van der Waals surface area contributed by atoms with Gasteiger partial charge in [0.1, 0.15) is 17.4 Å². The molecule has 0 unspecified atom stereocenters. The van der Waals surface area contributed by atoms with Crippen molar-refractivity contribution >= 4 is 17.4 Å². The summed E-state index contributed by atoms with van der Waals surface area (Å²) in [6, 6.07) is 3.59. The molecule has 6 nitrogen and oxygen atoms in total. The third-order valence-corrected chi connectivity index (χ3v) is 5.20. The fourth-order valence-corrected chi connectivity index (χ4v) is 3.89. The number of amides is 2. The van der Waals surface area contributed by atoms with Crippen molar-refractivity contribution in [1.82, 2.24) is 15.6 Å². The van der Waals surface area contributed by atoms with Crippen LogP contribution < -0.4 is 10.6 Å². The molecule has 0 bridgehead atoms. The van der Waals surface area contributed by atoms with Gasteiger partial charge in [-0.3, -0.25) is 0 Å². The van der Waals surface area contributed by atoms with Gasteiger partial charge in [-0.2, -0.15) is 0 Å². The molecule has 0 aliphatic heterocycles. The second-order valence-corrected chi connectivity index (χ2v) is 6.89. The largest absolute Gasteiger partial charge is 0.467 e. The zero-order chi connectivity index (χ0) is 16.7. The fraction of sp³-hybridized carbons (Fsp3) is 0.529. The summed E-state index contributed by atoms with van der Waals surface area (Å²) in [4.78, 5) is 16.6. The van der Waals surface area contributed by atoms with E-state index < -0.39 is 0 Å². The lowest BCUT2D eigenvalue weighted by Gasteiger charge is -2.28. The van der Waals surface area contributed by atoms with Crippen LogP contribution in [0.15, 0.2) is 34.4 Å². The number of urea groups is 1. The van der Waals surface area contributed by atoms with E-state index in [4.69, 9.17) is 9.15 Å². The lowest BCUT2D eigenvalue weighted by molar-refractivity contribution is 0.104. The second-order valence-electron chi connectivity index (χ2n) is 5.99. The van der Waals surface area contributed by atoms with Gasteiger partial charge in [0, 0.05) is 24.7 Å². The number of thiazole rings is 1. The molecule has 3 rings (SSSR count). The topological polar surface area (TPSA) is 76.4 Å². The third-order valence-electron chi connectivity index (χ3n) is 4.23. The molecule has 2 aromatic rings. The Morgan fingerprint density at radius 1 is 1.42 bits per heavy atom. The number of carbonyl (C=O) groups is 1. The van der Waals surface area contributed by atoms with Crippen LogP contribution in [0.4, 0.5) is 4.79 Å². The van der Waals surface area contributed by atoms with E-state index in [0.717, 1.165) is 42.9 Å². The molecule has 1 fully saturated rings. The Bertz CT molecular complexity index is 607. The average Bonchev–Trinajstić information content (AvgIpc) is 3.32. The normalized spacial score (nSPS) is 16.2. The summed E-state index contributed by atoms with van der Waals surface area (Å²) in [7, 11) is 0. The fourth-order valence-electron chi connectivity index (χ4n) is 3.04. The van der Waals surface area contributed by atoms with Gasteiger partial charge >= 0.3 is 6.03 Å². The van der Waals surface area contributed by atoms with E-state index in [9.17, 15) is 4.79 Å². The summed E-state index contributed by atoms with van der Waals surface area (Å²) < 4.78 is 10.7. The summed E-state index contributed by atoms with van der Waals surface area (Å²) in [5.74, 6) is 0.812. The molecule has 0 spiro atoms. The van der Waals surface area contributed by atoms with E-state index in [0.29, 0.717) is 19.8 Å². The van der Waals surface area contributed by atoms with Crippen LogP contribution >= 0.6 is 11.3 Å². The van der Waals surface area contributed by atoms with Crippen molar-refractivity contribution in [2.24, 2.45) is 0 Å².